The molecule has 0 aliphatic heterocycles. The van der Waals surface area contributed by atoms with Crippen molar-refractivity contribution in [3.8, 4) is 66.8 Å². The Morgan fingerprint density at radius 2 is 0.460 bits per heavy atom. The molecule has 9 rings (SSSR count). The molecular weight excluding hydrogens is 601 g/mol. The molecule has 234 valence electrons. The minimum Gasteiger partial charge on any atom is -0.0622 e. The maximum atomic E-state index is 2.37. The molecule has 0 heteroatoms. The van der Waals surface area contributed by atoms with Crippen LogP contribution < -0.4 is 0 Å². The molecule has 0 nitrogen and oxygen atoms in total. The zero-order valence-electron chi connectivity index (χ0n) is 27.6. The van der Waals surface area contributed by atoms with Gasteiger partial charge in [0.05, 0.1) is 0 Å². The SMILES string of the molecule is c1ccc(-c2ccc(-c3c4ccccc4c(-c4ccc(-c5ccccc5)cc4-c4ccccc4)c4ccccc34)c(-c3ccccc3)c2)cc1. The highest BCUT2D eigenvalue weighted by Gasteiger charge is 2.21. The van der Waals surface area contributed by atoms with Crippen molar-refractivity contribution < 1.29 is 0 Å². The van der Waals surface area contributed by atoms with E-state index in [1.165, 1.54) is 88.3 Å². The van der Waals surface area contributed by atoms with Gasteiger partial charge in [-0.2, -0.15) is 0 Å². The summed E-state index contributed by atoms with van der Waals surface area (Å²) < 4.78 is 0. The minimum absolute atomic E-state index is 1.21. The summed E-state index contributed by atoms with van der Waals surface area (Å²) in [5.41, 5.74) is 14.7. The van der Waals surface area contributed by atoms with Crippen molar-refractivity contribution in [3.63, 3.8) is 0 Å². The van der Waals surface area contributed by atoms with E-state index in [1.54, 1.807) is 0 Å². The van der Waals surface area contributed by atoms with Gasteiger partial charge in [0.25, 0.3) is 0 Å². The molecule has 0 saturated heterocycles. The summed E-state index contributed by atoms with van der Waals surface area (Å²) in [5, 5.41) is 4.99. The van der Waals surface area contributed by atoms with Gasteiger partial charge in [0.2, 0.25) is 0 Å². The second-order valence-electron chi connectivity index (χ2n) is 12.8. The smallest absolute Gasteiger partial charge is 0.00201 e. The Kier molecular flexibility index (Phi) is 7.61. The maximum absolute atomic E-state index is 2.37. The standard InChI is InChI=1S/C50H34/c1-5-17-35(18-6-1)39-29-31-45(47(33-39)37-21-9-3-10-22-37)49-41-25-13-15-27-43(41)50(44-28-16-14-26-42(44)49)46-32-30-40(36-19-7-2-8-20-36)34-48(46)38-23-11-4-12-24-38/h1-34H. The average Bonchev–Trinajstić information content (AvgIpc) is 3.21. The number of benzene rings is 9. The lowest BCUT2D eigenvalue weighted by Crippen LogP contribution is -1.95. The molecule has 0 aromatic heterocycles. The van der Waals surface area contributed by atoms with E-state index < -0.39 is 0 Å². The van der Waals surface area contributed by atoms with E-state index in [1.807, 2.05) is 0 Å². The van der Waals surface area contributed by atoms with Crippen molar-refractivity contribution in [2.45, 2.75) is 0 Å². The van der Waals surface area contributed by atoms with Gasteiger partial charge in [-0.15, -0.1) is 0 Å². The van der Waals surface area contributed by atoms with Gasteiger partial charge in [0.15, 0.2) is 0 Å². The van der Waals surface area contributed by atoms with Gasteiger partial charge in [-0.05, 0) is 100 Å². The van der Waals surface area contributed by atoms with Crippen molar-refractivity contribution in [3.05, 3.63) is 206 Å². The van der Waals surface area contributed by atoms with E-state index in [-0.39, 0.29) is 0 Å². The van der Waals surface area contributed by atoms with Gasteiger partial charge in [0, 0.05) is 0 Å². The fraction of sp³-hybridized carbons (Fsp3) is 0. The first-order valence-corrected chi connectivity index (χ1v) is 17.3. The molecular formula is C50H34. The monoisotopic (exact) mass is 634 g/mol. The molecule has 0 N–H and O–H groups in total. The predicted molar refractivity (Wildman–Crippen MR) is 214 cm³/mol. The first-order chi connectivity index (χ1) is 24.8. The third-order valence-electron chi connectivity index (χ3n) is 9.89. The van der Waals surface area contributed by atoms with Crippen molar-refractivity contribution in [2.24, 2.45) is 0 Å². The molecule has 9 aromatic carbocycles. The summed E-state index contributed by atoms with van der Waals surface area (Å²) >= 11 is 0. The fourth-order valence-corrected chi connectivity index (χ4v) is 7.57. The number of hydrogen-bond donors (Lipinski definition) is 0. The first kappa shape index (κ1) is 29.6. The van der Waals surface area contributed by atoms with Crippen molar-refractivity contribution in [2.75, 3.05) is 0 Å². The minimum atomic E-state index is 1.21. The Bertz CT molecular complexity index is 2360. The van der Waals surface area contributed by atoms with Gasteiger partial charge in [-0.25, -0.2) is 0 Å². The van der Waals surface area contributed by atoms with Gasteiger partial charge < -0.3 is 0 Å². The van der Waals surface area contributed by atoms with Crippen LogP contribution >= 0.6 is 0 Å². The molecule has 0 bridgehead atoms. The molecule has 0 spiro atoms. The van der Waals surface area contributed by atoms with E-state index in [0.717, 1.165) is 0 Å². The molecule has 0 aliphatic rings. The van der Waals surface area contributed by atoms with Gasteiger partial charge in [0.1, 0.15) is 0 Å². The summed E-state index contributed by atoms with van der Waals surface area (Å²) in [6.45, 7) is 0. The molecule has 0 saturated carbocycles. The Morgan fingerprint density at radius 3 is 0.780 bits per heavy atom. The molecule has 0 atom stereocenters. The predicted octanol–water partition coefficient (Wildman–Crippen LogP) is 14.0. The molecule has 0 heterocycles. The summed E-state index contributed by atoms with van der Waals surface area (Å²) in [6, 6.07) is 74.9. The quantitative estimate of drug-likeness (QED) is 0.160. The number of fused-ring (bicyclic) bond motifs is 2. The number of rotatable bonds is 6. The molecule has 9 aromatic rings. The normalized spacial score (nSPS) is 11.2. The summed E-state index contributed by atoms with van der Waals surface area (Å²) in [6.07, 6.45) is 0. The van der Waals surface area contributed by atoms with Crippen LogP contribution in [0.2, 0.25) is 0 Å². The zero-order chi connectivity index (χ0) is 33.3. The fourth-order valence-electron chi connectivity index (χ4n) is 7.57. The van der Waals surface area contributed by atoms with Crippen molar-refractivity contribution in [1.29, 1.82) is 0 Å². The van der Waals surface area contributed by atoms with Crippen LogP contribution in [0.5, 0.6) is 0 Å². The van der Waals surface area contributed by atoms with Crippen LogP contribution in [0.4, 0.5) is 0 Å². The van der Waals surface area contributed by atoms with Crippen LogP contribution in [0.25, 0.3) is 88.3 Å². The molecule has 0 fully saturated rings. The molecule has 0 radical (unpaired) electrons. The third-order valence-corrected chi connectivity index (χ3v) is 9.89. The largest absolute Gasteiger partial charge is 0.0622 e. The van der Waals surface area contributed by atoms with Crippen LogP contribution in [0.1, 0.15) is 0 Å². The topological polar surface area (TPSA) is 0 Å². The summed E-state index contributed by atoms with van der Waals surface area (Å²) in [5.74, 6) is 0. The van der Waals surface area contributed by atoms with Crippen LogP contribution in [0.15, 0.2) is 206 Å². The van der Waals surface area contributed by atoms with E-state index in [9.17, 15) is 0 Å². The highest BCUT2D eigenvalue weighted by molar-refractivity contribution is 6.23. The van der Waals surface area contributed by atoms with Crippen molar-refractivity contribution >= 4 is 21.5 Å². The highest BCUT2D eigenvalue weighted by Crippen LogP contribution is 2.48. The van der Waals surface area contributed by atoms with E-state index in [4.69, 9.17) is 0 Å². The van der Waals surface area contributed by atoms with E-state index in [2.05, 4.69) is 206 Å². The Labute approximate surface area is 293 Å². The average molecular weight is 635 g/mol. The maximum Gasteiger partial charge on any atom is -0.00201 e. The molecule has 0 aliphatic carbocycles. The van der Waals surface area contributed by atoms with E-state index >= 15 is 0 Å². The molecule has 0 unspecified atom stereocenters. The van der Waals surface area contributed by atoms with Crippen molar-refractivity contribution in [1.82, 2.24) is 0 Å². The van der Waals surface area contributed by atoms with Gasteiger partial charge in [-0.3, -0.25) is 0 Å². The van der Waals surface area contributed by atoms with Crippen LogP contribution in [-0.2, 0) is 0 Å². The second kappa shape index (κ2) is 12.8. The lowest BCUT2D eigenvalue weighted by molar-refractivity contribution is 1.57. The Balaban J connectivity index is 1.36. The van der Waals surface area contributed by atoms with Crippen LogP contribution in [0.3, 0.4) is 0 Å². The zero-order valence-corrected chi connectivity index (χ0v) is 27.6. The van der Waals surface area contributed by atoms with E-state index in [0.29, 0.717) is 0 Å². The lowest BCUT2D eigenvalue weighted by atomic mass is 9.81. The number of hydrogen-bond acceptors (Lipinski definition) is 0. The highest BCUT2D eigenvalue weighted by atomic mass is 14.2. The van der Waals surface area contributed by atoms with Crippen LogP contribution in [-0.4, -0.2) is 0 Å². The molecule has 0 amide bonds. The van der Waals surface area contributed by atoms with Gasteiger partial charge >= 0.3 is 0 Å². The molecule has 50 heavy (non-hydrogen) atoms. The summed E-state index contributed by atoms with van der Waals surface area (Å²) in [7, 11) is 0. The first-order valence-electron chi connectivity index (χ1n) is 17.3. The Morgan fingerprint density at radius 1 is 0.180 bits per heavy atom. The summed E-state index contributed by atoms with van der Waals surface area (Å²) in [4.78, 5) is 0. The second-order valence-corrected chi connectivity index (χ2v) is 12.8. The third kappa shape index (κ3) is 5.28. The Hall–Kier alpha value is -6.50. The van der Waals surface area contributed by atoms with Crippen LogP contribution in [0, 0.1) is 0 Å². The lowest BCUT2D eigenvalue weighted by Gasteiger charge is -2.22. The van der Waals surface area contributed by atoms with Gasteiger partial charge in [-0.1, -0.05) is 194 Å².